The molecule has 2 aliphatic rings. The van der Waals surface area contributed by atoms with Gasteiger partial charge in [0.25, 0.3) is 0 Å². The van der Waals surface area contributed by atoms with Crippen molar-refractivity contribution in [3.05, 3.63) is 36.4 Å². The Balaban J connectivity index is 1.35. The molecule has 1 aromatic carbocycles. The fourth-order valence-corrected chi connectivity index (χ4v) is 3.51. The number of guanidine groups is 1. The van der Waals surface area contributed by atoms with Gasteiger partial charge in [-0.25, -0.2) is 0 Å². The summed E-state index contributed by atoms with van der Waals surface area (Å²) in [5.41, 5.74) is 0. The first kappa shape index (κ1) is 18.6. The van der Waals surface area contributed by atoms with Gasteiger partial charge in [-0.1, -0.05) is 18.2 Å². The van der Waals surface area contributed by atoms with Crippen molar-refractivity contribution < 1.29 is 9.47 Å². The molecule has 0 aliphatic carbocycles. The summed E-state index contributed by atoms with van der Waals surface area (Å²) >= 11 is 0. The number of likely N-dealkylation sites (tertiary alicyclic amines) is 1. The van der Waals surface area contributed by atoms with Gasteiger partial charge < -0.3 is 19.7 Å². The Morgan fingerprint density at radius 1 is 1.27 bits per heavy atom. The summed E-state index contributed by atoms with van der Waals surface area (Å²) in [6, 6.07) is 8.35. The lowest BCUT2D eigenvalue weighted by Crippen LogP contribution is -2.43. The number of nitrogens with one attached hydrogen (secondary N) is 1. The van der Waals surface area contributed by atoms with Crippen LogP contribution in [0.1, 0.15) is 12.8 Å². The predicted octanol–water partition coefficient (Wildman–Crippen LogP) is 1.99. The molecule has 0 amide bonds. The number of hydrogen-bond donors (Lipinski definition) is 1. The van der Waals surface area contributed by atoms with Gasteiger partial charge in [-0.2, -0.15) is 0 Å². The SMILES string of the molecule is CN=C(NCCCOc1cccc(OC)c1)N1CCC(N2CC=CC2)C1. The second kappa shape index (κ2) is 9.48. The van der Waals surface area contributed by atoms with E-state index in [9.17, 15) is 0 Å². The quantitative estimate of drug-likeness (QED) is 0.350. The van der Waals surface area contributed by atoms with E-state index in [4.69, 9.17) is 9.47 Å². The first-order valence-electron chi connectivity index (χ1n) is 9.41. The molecule has 2 aliphatic heterocycles. The Morgan fingerprint density at radius 3 is 2.85 bits per heavy atom. The number of benzene rings is 1. The van der Waals surface area contributed by atoms with Gasteiger partial charge in [0.05, 0.1) is 13.7 Å². The van der Waals surface area contributed by atoms with Crippen molar-refractivity contribution in [1.82, 2.24) is 15.1 Å². The Kier molecular flexibility index (Phi) is 6.77. The monoisotopic (exact) mass is 358 g/mol. The van der Waals surface area contributed by atoms with Crippen LogP contribution < -0.4 is 14.8 Å². The highest BCUT2D eigenvalue weighted by atomic mass is 16.5. The molecular formula is C20H30N4O2. The van der Waals surface area contributed by atoms with Gasteiger partial charge in [0.15, 0.2) is 5.96 Å². The molecule has 26 heavy (non-hydrogen) atoms. The maximum absolute atomic E-state index is 5.79. The van der Waals surface area contributed by atoms with Crippen molar-refractivity contribution in [3.8, 4) is 11.5 Å². The van der Waals surface area contributed by atoms with Gasteiger partial charge >= 0.3 is 0 Å². The van der Waals surface area contributed by atoms with Crippen LogP contribution in [0.25, 0.3) is 0 Å². The van der Waals surface area contributed by atoms with Gasteiger partial charge in [-0.05, 0) is 25.0 Å². The van der Waals surface area contributed by atoms with Crippen molar-refractivity contribution in [1.29, 1.82) is 0 Å². The minimum Gasteiger partial charge on any atom is -0.497 e. The van der Waals surface area contributed by atoms with Crippen LogP contribution in [-0.4, -0.2) is 75.3 Å². The molecule has 2 heterocycles. The van der Waals surface area contributed by atoms with E-state index in [1.807, 2.05) is 31.3 Å². The minimum absolute atomic E-state index is 0.639. The van der Waals surface area contributed by atoms with E-state index in [1.165, 1.54) is 6.42 Å². The van der Waals surface area contributed by atoms with Crippen molar-refractivity contribution in [2.24, 2.45) is 4.99 Å². The molecule has 1 fully saturated rings. The molecule has 6 heteroatoms. The second-order valence-electron chi connectivity index (χ2n) is 6.67. The summed E-state index contributed by atoms with van der Waals surface area (Å²) in [6.45, 7) is 5.82. The Hall–Kier alpha value is -2.21. The first-order valence-corrected chi connectivity index (χ1v) is 9.41. The highest BCUT2D eigenvalue weighted by molar-refractivity contribution is 5.80. The molecule has 1 atom stereocenters. The van der Waals surface area contributed by atoms with Gasteiger partial charge in [0.1, 0.15) is 11.5 Å². The third-order valence-corrected chi connectivity index (χ3v) is 4.95. The number of ether oxygens (including phenoxy) is 2. The molecule has 0 saturated carbocycles. The molecule has 1 N–H and O–H groups in total. The highest BCUT2D eigenvalue weighted by Gasteiger charge is 2.29. The maximum Gasteiger partial charge on any atom is 0.193 e. The summed E-state index contributed by atoms with van der Waals surface area (Å²) in [5, 5.41) is 3.47. The largest absolute Gasteiger partial charge is 0.497 e. The van der Waals surface area contributed by atoms with Crippen molar-refractivity contribution in [2.45, 2.75) is 18.9 Å². The maximum atomic E-state index is 5.79. The summed E-state index contributed by atoms with van der Waals surface area (Å²) < 4.78 is 11.0. The molecule has 142 valence electrons. The predicted molar refractivity (Wildman–Crippen MR) is 105 cm³/mol. The summed E-state index contributed by atoms with van der Waals surface area (Å²) in [7, 11) is 3.53. The fourth-order valence-electron chi connectivity index (χ4n) is 3.51. The van der Waals surface area contributed by atoms with Crippen LogP contribution in [0, 0.1) is 0 Å². The normalized spacial score (nSPS) is 20.6. The van der Waals surface area contributed by atoms with Gasteiger partial charge in [0.2, 0.25) is 0 Å². The fraction of sp³-hybridized carbons (Fsp3) is 0.550. The zero-order valence-electron chi connectivity index (χ0n) is 15.9. The second-order valence-corrected chi connectivity index (χ2v) is 6.67. The summed E-state index contributed by atoms with van der Waals surface area (Å²) in [4.78, 5) is 9.35. The van der Waals surface area contributed by atoms with Crippen molar-refractivity contribution in [3.63, 3.8) is 0 Å². The third-order valence-electron chi connectivity index (χ3n) is 4.95. The molecule has 6 nitrogen and oxygen atoms in total. The van der Waals surface area contributed by atoms with Crippen molar-refractivity contribution in [2.75, 3.05) is 53.5 Å². The molecule has 3 rings (SSSR count). The summed E-state index contributed by atoms with van der Waals surface area (Å²) in [5.74, 6) is 2.66. The first-order chi connectivity index (χ1) is 12.8. The third kappa shape index (κ3) is 4.91. The van der Waals surface area contributed by atoms with Crippen LogP contribution >= 0.6 is 0 Å². The molecule has 0 bridgehead atoms. The van der Waals surface area contributed by atoms with Crippen LogP contribution in [0.2, 0.25) is 0 Å². The average molecular weight is 358 g/mol. The van der Waals surface area contributed by atoms with Gasteiger partial charge in [-0.3, -0.25) is 9.89 Å². The van der Waals surface area contributed by atoms with E-state index in [-0.39, 0.29) is 0 Å². The van der Waals surface area contributed by atoms with E-state index < -0.39 is 0 Å². The van der Waals surface area contributed by atoms with Gasteiger partial charge in [0, 0.05) is 51.9 Å². The van der Waals surface area contributed by atoms with Gasteiger partial charge in [-0.15, -0.1) is 0 Å². The van der Waals surface area contributed by atoms with Crippen LogP contribution in [0.5, 0.6) is 11.5 Å². The smallest absolute Gasteiger partial charge is 0.193 e. The van der Waals surface area contributed by atoms with Crippen LogP contribution in [0.4, 0.5) is 0 Å². The number of nitrogens with zero attached hydrogens (tertiary/aromatic N) is 3. The van der Waals surface area contributed by atoms with E-state index in [0.717, 1.165) is 56.6 Å². The topological polar surface area (TPSA) is 49.3 Å². The molecule has 0 aromatic heterocycles. The molecule has 1 aromatic rings. The Labute approximate surface area is 156 Å². The highest BCUT2D eigenvalue weighted by Crippen LogP contribution is 2.19. The Bertz CT molecular complexity index is 624. The Morgan fingerprint density at radius 2 is 2.08 bits per heavy atom. The van der Waals surface area contributed by atoms with E-state index in [0.29, 0.717) is 12.6 Å². The zero-order valence-corrected chi connectivity index (χ0v) is 15.9. The average Bonchev–Trinajstić information content (AvgIpc) is 3.36. The lowest BCUT2D eigenvalue weighted by Gasteiger charge is -2.25. The van der Waals surface area contributed by atoms with E-state index in [1.54, 1.807) is 7.11 Å². The molecule has 0 spiro atoms. The molecular weight excluding hydrogens is 328 g/mol. The molecule has 0 radical (unpaired) electrons. The van der Waals surface area contributed by atoms with Crippen LogP contribution in [0.3, 0.4) is 0 Å². The van der Waals surface area contributed by atoms with E-state index >= 15 is 0 Å². The standard InChI is InChI=1S/C20H30N4O2/c1-21-20(24-13-9-17(16-24)23-11-3-4-12-23)22-10-6-14-26-19-8-5-7-18(15-19)25-2/h3-5,7-8,15,17H,6,9-14,16H2,1-2H3,(H,21,22). The number of rotatable bonds is 7. The molecule has 1 saturated heterocycles. The van der Waals surface area contributed by atoms with Crippen molar-refractivity contribution >= 4 is 5.96 Å². The number of methoxy groups -OCH3 is 1. The lowest BCUT2D eigenvalue weighted by atomic mass is 10.2. The summed E-state index contributed by atoms with van der Waals surface area (Å²) in [6.07, 6.45) is 6.65. The van der Waals surface area contributed by atoms with Crippen LogP contribution in [0.15, 0.2) is 41.4 Å². The lowest BCUT2D eigenvalue weighted by molar-refractivity contribution is 0.259. The number of aliphatic imine (C=N–C) groups is 1. The van der Waals surface area contributed by atoms with E-state index in [2.05, 4.69) is 32.3 Å². The molecule has 1 unspecified atom stereocenters. The number of hydrogen-bond acceptors (Lipinski definition) is 4. The zero-order chi connectivity index (χ0) is 18.2. The minimum atomic E-state index is 0.639. The van der Waals surface area contributed by atoms with Crippen LogP contribution in [-0.2, 0) is 0 Å².